The van der Waals surface area contributed by atoms with Crippen LogP contribution in [-0.2, 0) is 4.79 Å². The summed E-state index contributed by atoms with van der Waals surface area (Å²) in [6.07, 6.45) is 0. The largest absolute Gasteiger partial charge is 0.494 e. The van der Waals surface area contributed by atoms with E-state index in [1.54, 1.807) is 31.2 Å². The molecule has 8 nitrogen and oxygen atoms in total. The highest BCUT2D eigenvalue weighted by Gasteiger charge is 2.20. The Bertz CT molecular complexity index is 1050. The molecule has 0 saturated carbocycles. The molecule has 3 N–H and O–H groups in total. The summed E-state index contributed by atoms with van der Waals surface area (Å²) in [7, 11) is 0. The number of hydrogen-bond acceptors (Lipinski definition) is 7. The Morgan fingerprint density at radius 3 is 2.60 bits per heavy atom. The number of Topliss-reactive ketones (excluding diaryl/α,β-unsaturated/α-hetero) is 1. The number of ketones is 1. The van der Waals surface area contributed by atoms with Gasteiger partial charge in [0.25, 0.3) is 0 Å². The Labute approximate surface area is 178 Å². The predicted octanol–water partition coefficient (Wildman–Crippen LogP) is 3.38. The number of rotatable bonds is 8. The number of nitrogens with one attached hydrogen (secondary N) is 1. The molecule has 0 aliphatic heterocycles. The van der Waals surface area contributed by atoms with E-state index in [1.807, 2.05) is 31.2 Å². The van der Waals surface area contributed by atoms with Gasteiger partial charge in [-0.1, -0.05) is 23.9 Å². The van der Waals surface area contributed by atoms with Crippen LogP contribution >= 0.6 is 11.8 Å². The van der Waals surface area contributed by atoms with E-state index in [0.29, 0.717) is 28.8 Å². The zero-order chi connectivity index (χ0) is 21.7. The molecule has 0 spiro atoms. The first-order valence-electron chi connectivity index (χ1n) is 9.41. The number of nitrogens with two attached hydrogens (primary N) is 1. The minimum Gasteiger partial charge on any atom is -0.494 e. The molecule has 0 unspecified atom stereocenters. The molecule has 1 amide bonds. The van der Waals surface area contributed by atoms with Gasteiger partial charge in [0.2, 0.25) is 11.1 Å². The SMILES string of the molecule is CCOc1ccc(-c2nnc(S[C@@H](C)C(=O)Nc3cccc(C(C)=O)c3)n2N)cc1. The van der Waals surface area contributed by atoms with Crippen LogP contribution in [0, 0.1) is 0 Å². The Morgan fingerprint density at radius 1 is 1.20 bits per heavy atom. The molecule has 3 aromatic rings. The molecule has 0 saturated heterocycles. The maximum absolute atomic E-state index is 12.6. The van der Waals surface area contributed by atoms with Gasteiger partial charge in [-0.25, -0.2) is 4.68 Å². The Morgan fingerprint density at radius 2 is 1.93 bits per heavy atom. The lowest BCUT2D eigenvalue weighted by Gasteiger charge is -2.12. The highest BCUT2D eigenvalue weighted by atomic mass is 32.2. The highest BCUT2D eigenvalue weighted by Crippen LogP contribution is 2.26. The van der Waals surface area contributed by atoms with Crippen LogP contribution in [0.3, 0.4) is 0 Å². The van der Waals surface area contributed by atoms with E-state index in [-0.39, 0.29) is 11.7 Å². The first kappa shape index (κ1) is 21.4. The van der Waals surface area contributed by atoms with Crippen LogP contribution in [0.2, 0.25) is 0 Å². The topological polar surface area (TPSA) is 112 Å². The van der Waals surface area contributed by atoms with Crippen molar-refractivity contribution in [1.82, 2.24) is 14.9 Å². The summed E-state index contributed by atoms with van der Waals surface area (Å²) in [5, 5.41) is 11.0. The number of anilines is 1. The van der Waals surface area contributed by atoms with Crippen molar-refractivity contribution in [2.24, 2.45) is 0 Å². The van der Waals surface area contributed by atoms with Crippen LogP contribution in [-0.4, -0.2) is 38.4 Å². The van der Waals surface area contributed by atoms with Crippen LogP contribution in [0.1, 0.15) is 31.1 Å². The highest BCUT2D eigenvalue weighted by molar-refractivity contribution is 8.00. The number of amides is 1. The summed E-state index contributed by atoms with van der Waals surface area (Å²) in [5.41, 5.74) is 1.89. The molecule has 1 heterocycles. The van der Waals surface area contributed by atoms with Crippen LogP contribution < -0.4 is 15.9 Å². The van der Waals surface area contributed by atoms with Gasteiger partial charge in [-0.15, -0.1) is 10.2 Å². The molecule has 3 rings (SSSR count). The van der Waals surface area contributed by atoms with Gasteiger partial charge in [0, 0.05) is 16.8 Å². The van der Waals surface area contributed by atoms with Crippen LogP contribution in [0.15, 0.2) is 53.7 Å². The molecular weight excluding hydrogens is 402 g/mol. The van der Waals surface area contributed by atoms with Gasteiger partial charge in [-0.05, 0) is 57.2 Å². The molecule has 30 heavy (non-hydrogen) atoms. The van der Waals surface area contributed by atoms with Crippen molar-refractivity contribution in [3.05, 3.63) is 54.1 Å². The monoisotopic (exact) mass is 425 g/mol. The summed E-state index contributed by atoms with van der Waals surface area (Å²) in [5.74, 6) is 7.11. The van der Waals surface area contributed by atoms with Crippen LogP contribution in [0.5, 0.6) is 5.75 Å². The lowest BCUT2D eigenvalue weighted by Crippen LogP contribution is -2.23. The van der Waals surface area contributed by atoms with Gasteiger partial charge < -0.3 is 15.9 Å². The lowest BCUT2D eigenvalue weighted by atomic mass is 10.1. The second kappa shape index (κ2) is 9.45. The van der Waals surface area contributed by atoms with Gasteiger partial charge in [0.05, 0.1) is 11.9 Å². The van der Waals surface area contributed by atoms with E-state index in [2.05, 4.69) is 15.5 Å². The predicted molar refractivity (Wildman–Crippen MR) is 117 cm³/mol. The van der Waals surface area contributed by atoms with Crippen LogP contribution in [0.4, 0.5) is 5.69 Å². The first-order chi connectivity index (χ1) is 14.4. The number of ether oxygens (including phenoxy) is 1. The van der Waals surface area contributed by atoms with E-state index >= 15 is 0 Å². The average molecular weight is 426 g/mol. The van der Waals surface area contributed by atoms with Gasteiger partial charge in [0.1, 0.15) is 5.75 Å². The average Bonchev–Trinajstić information content (AvgIpc) is 3.09. The fourth-order valence-corrected chi connectivity index (χ4v) is 3.46. The zero-order valence-electron chi connectivity index (χ0n) is 17.0. The number of carbonyl (C=O) groups is 2. The van der Waals surface area contributed by atoms with Crippen molar-refractivity contribution in [3.8, 4) is 17.1 Å². The number of nitrogen functional groups attached to an aromatic ring is 1. The maximum Gasteiger partial charge on any atom is 0.237 e. The van der Waals surface area contributed by atoms with Gasteiger partial charge in [-0.3, -0.25) is 9.59 Å². The van der Waals surface area contributed by atoms with E-state index in [1.165, 1.54) is 23.4 Å². The van der Waals surface area contributed by atoms with Crippen molar-refractivity contribution >= 4 is 29.1 Å². The first-order valence-corrected chi connectivity index (χ1v) is 10.3. The minimum absolute atomic E-state index is 0.0634. The normalized spacial score (nSPS) is 11.7. The summed E-state index contributed by atoms with van der Waals surface area (Å²) in [6, 6.07) is 14.2. The molecular formula is C21H23N5O3S. The Balaban J connectivity index is 1.68. The summed E-state index contributed by atoms with van der Waals surface area (Å²) in [4.78, 5) is 24.1. The van der Waals surface area contributed by atoms with Crippen molar-refractivity contribution < 1.29 is 14.3 Å². The number of nitrogens with zero attached hydrogens (tertiary/aromatic N) is 3. The van der Waals surface area contributed by atoms with Gasteiger partial charge in [-0.2, -0.15) is 0 Å². The minimum atomic E-state index is -0.481. The number of aromatic nitrogens is 3. The molecule has 0 bridgehead atoms. The third-order valence-electron chi connectivity index (χ3n) is 4.28. The number of thioether (sulfide) groups is 1. The molecule has 9 heteroatoms. The molecule has 0 radical (unpaired) electrons. The second-order valence-corrected chi connectivity index (χ2v) is 7.83. The molecule has 1 atom stereocenters. The van der Waals surface area contributed by atoms with E-state index in [4.69, 9.17) is 10.6 Å². The zero-order valence-corrected chi connectivity index (χ0v) is 17.8. The van der Waals surface area contributed by atoms with E-state index < -0.39 is 5.25 Å². The van der Waals surface area contributed by atoms with Crippen molar-refractivity contribution in [2.75, 3.05) is 17.8 Å². The van der Waals surface area contributed by atoms with E-state index in [0.717, 1.165) is 11.3 Å². The molecule has 0 aliphatic rings. The van der Waals surface area contributed by atoms with Crippen molar-refractivity contribution in [2.45, 2.75) is 31.2 Å². The Hall–Kier alpha value is -3.33. The molecule has 0 aliphatic carbocycles. The molecule has 2 aromatic carbocycles. The third kappa shape index (κ3) is 4.98. The number of hydrogen-bond donors (Lipinski definition) is 2. The fourth-order valence-electron chi connectivity index (χ4n) is 2.69. The van der Waals surface area contributed by atoms with Crippen LogP contribution in [0.25, 0.3) is 11.4 Å². The molecule has 156 valence electrons. The fraction of sp³-hybridized carbons (Fsp3) is 0.238. The van der Waals surface area contributed by atoms with Gasteiger partial charge >= 0.3 is 0 Å². The molecule has 1 aromatic heterocycles. The number of carbonyl (C=O) groups excluding carboxylic acids is 2. The maximum atomic E-state index is 12.6. The Kier molecular flexibility index (Phi) is 6.73. The van der Waals surface area contributed by atoms with Crippen molar-refractivity contribution in [3.63, 3.8) is 0 Å². The number of benzene rings is 2. The van der Waals surface area contributed by atoms with Gasteiger partial charge in [0.15, 0.2) is 11.6 Å². The summed E-state index contributed by atoms with van der Waals surface area (Å²) < 4.78 is 6.80. The van der Waals surface area contributed by atoms with Crippen molar-refractivity contribution in [1.29, 1.82) is 0 Å². The lowest BCUT2D eigenvalue weighted by molar-refractivity contribution is -0.115. The third-order valence-corrected chi connectivity index (χ3v) is 5.33. The smallest absolute Gasteiger partial charge is 0.237 e. The summed E-state index contributed by atoms with van der Waals surface area (Å²) in [6.45, 7) is 5.74. The standard InChI is InChI=1S/C21H23N5O3S/c1-4-29-18-10-8-15(9-11-18)19-24-25-21(26(19)22)30-14(3)20(28)23-17-7-5-6-16(12-17)13(2)27/h5-12,14H,4,22H2,1-3H3,(H,23,28)/t14-/m0/s1. The quantitative estimate of drug-likeness (QED) is 0.323. The molecule has 0 fully saturated rings. The van der Waals surface area contributed by atoms with E-state index in [9.17, 15) is 9.59 Å². The second-order valence-electron chi connectivity index (χ2n) is 6.52. The summed E-state index contributed by atoms with van der Waals surface area (Å²) >= 11 is 1.20.